The second-order valence-corrected chi connectivity index (χ2v) is 7.60. The molecular weight excluding hydrogens is 430 g/mol. The first kappa shape index (κ1) is 21.7. The Morgan fingerprint density at radius 3 is 2.72 bits per heavy atom. The third kappa shape index (κ3) is 4.27. The maximum Gasteiger partial charge on any atom is 0.266 e. The van der Waals surface area contributed by atoms with Crippen molar-refractivity contribution in [3.63, 3.8) is 0 Å². The Morgan fingerprint density at radius 1 is 1.22 bits per heavy atom. The minimum absolute atomic E-state index is 0.0738. The van der Waals surface area contributed by atoms with Gasteiger partial charge in [0.25, 0.3) is 12.4 Å². The van der Waals surface area contributed by atoms with Gasteiger partial charge in [-0.15, -0.1) is 5.10 Å². The molecule has 4 rings (SSSR count). The van der Waals surface area contributed by atoms with Crippen LogP contribution in [0, 0.1) is 11.8 Å². The number of pyridine rings is 1. The number of alkyl halides is 2. The zero-order chi connectivity index (χ0) is 23.0. The number of nitrogens with one attached hydrogen (secondary N) is 1. The van der Waals surface area contributed by atoms with Crippen molar-refractivity contribution >= 4 is 22.8 Å². The van der Waals surface area contributed by atoms with E-state index in [1.165, 1.54) is 25.3 Å². The van der Waals surface area contributed by atoms with E-state index in [0.29, 0.717) is 25.1 Å². The normalized spacial score (nSPS) is 16.2. The number of fused-ring (bicyclic) bond motifs is 1. The SMILES string of the molecule is CC(=O)N[C@@H]1CCN(C(=O)Cn2nc(F)c3ncc(-c4ccc(F)c(C(F)F)c4)cc32)C1. The Morgan fingerprint density at radius 2 is 2.00 bits per heavy atom. The molecule has 7 nitrogen and oxygen atoms in total. The first-order valence-corrected chi connectivity index (χ1v) is 9.88. The predicted octanol–water partition coefficient (Wildman–Crippen LogP) is 3.05. The molecule has 1 fully saturated rings. The molecule has 1 saturated heterocycles. The van der Waals surface area contributed by atoms with Crippen LogP contribution in [0.2, 0.25) is 0 Å². The van der Waals surface area contributed by atoms with Gasteiger partial charge in [-0.3, -0.25) is 14.3 Å². The molecular formula is C21H19F4N5O2. The van der Waals surface area contributed by atoms with Crippen molar-refractivity contribution in [3.8, 4) is 11.1 Å². The summed E-state index contributed by atoms with van der Waals surface area (Å²) in [6, 6.07) is 4.59. The Balaban J connectivity index is 1.60. The van der Waals surface area contributed by atoms with Gasteiger partial charge in [0.05, 0.1) is 11.1 Å². The van der Waals surface area contributed by atoms with Crippen LogP contribution in [0.25, 0.3) is 22.2 Å². The average molecular weight is 449 g/mol. The maximum atomic E-state index is 14.3. The van der Waals surface area contributed by atoms with Crippen molar-refractivity contribution < 1.29 is 27.2 Å². The number of carbonyl (C=O) groups is 2. The fourth-order valence-electron chi connectivity index (χ4n) is 3.81. The molecule has 0 saturated carbocycles. The third-order valence-corrected chi connectivity index (χ3v) is 5.35. The molecule has 0 aliphatic carbocycles. The molecule has 2 aromatic heterocycles. The lowest BCUT2D eigenvalue weighted by Gasteiger charge is -2.17. The smallest absolute Gasteiger partial charge is 0.266 e. The number of nitrogens with zero attached hydrogens (tertiary/aromatic N) is 4. The van der Waals surface area contributed by atoms with Crippen molar-refractivity contribution in [2.75, 3.05) is 13.1 Å². The number of rotatable bonds is 5. The van der Waals surface area contributed by atoms with E-state index in [2.05, 4.69) is 15.4 Å². The molecule has 2 amide bonds. The summed E-state index contributed by atoms with van der Waals surface area (Å²) < 4.78 is 55.2. The number of halogens is 4. The van der Waals surface area contributed by atoms with Crippen molar-refractivity contribution in [1.29, 1.82) is 0 Å². The van der Waals surface area contributed by atoms with Crippen LogP contribution >= 0.6 is 0 Å². The van der Waals surface area contributed by atoms with Gasteiger partial charge in [0.2, 0.25) is 11.8 Å². The van der Waals surface area contributed by atoms with Crippen LogP contribution in [-0.2, 0) is 16.1 Å². The number of amides is 2. The van der Waals surface area contributed by atoms with Gasteiger partial charge in [0.15, 0.2) is 0 Å². The Labute approximate surface area is 180 Å². The fourth-order valence-corrected chi connectivity index (χ4v) is 3.81. The molecule has 0 unspecified atom stereocenters. The zero-order valence-corrected chi connectivity index (χ0v) is 17.0. The monoisotopic (exact) mass is 449 g/mol. The number of hydrogen-bond donors (Lipinski definition) is 1. The number of hydrogen-bond acceptors (Lipinski definition) is 4. The van der Waals surface area contributed by atoms with Crippen LogP contribution in [0.5, 0.6) is 0 Å². The zero-order valence-electron chi connectivity index (χ0n) is 17.0. The van der Waals surface area contributed by atoms with Gasteiger partial charge in [-0.1, -0.05) is 6.07 Å². The van der Waals surface area contributed by atoms with Gasteiger partial charge in [0, 0.05) is 37.8 Å². The summed E-state index contributed by atoms with van der Waals surface area (Å²) in [5, 5.41) is 6.51. The minimum Gasteiger partial charge on any atom is -0.352 e. The van der Waals surface area contributed by atoms with Gasteiger partial charge in [-0.05, 0) is 30.2 Å². The van der Waals surface area contributed by atoms with Gasteiger partial charge in [-0.25, -0.2) is 18.2 Å². The second kappa shape index (κ2) is 8.56. The average Bonchev–Trinajstić information content (AvgIpc) is 3.32. The molecule has 32 heavy (non-hydrogen) atoms. The van der Waals surface area contributed by atoms with Gasteiger partial charge in [-0.2, -0.15) is 4.39 Å². The molecule has 3 aromatic rings. The molecule has 3 heterocycles. The number of aromatic nitrogens is 3. The quantitative estimate of drug-likeness (QED) is 0.608. The van der Waals surface area contributed by atoms with Crippen LogP contribution in [-0.4, -0.2) is 50.6 Å². The summed E-state index contributed by atoms with van der Waals surface area (Å²) >= 11 is 0. The van der Waals surface area contributed by atoms with E-state index in [-0.39, 0.29) is 41.0 Å². The van der Waals surface area contributed by atoms with Crippen LogP contribution in [0.4, 0.5) is 17.6 Å². The largest absolute Gasteiger partial charge is 0.352 e. The van der Waals surface area contributed by atoms with Gasteiger partial charge in [0.1, 0.15) is 17.9 Å². The van der Waals surface area contributed by atoms with E-state index in [9.17, 15) is 27.2 Å². The highest BCUT2D eigenvalue weighted by Gasteiger charge is 2.27. The summed E-state index contributed by atoms with van der Waals surface area (Å²) in [6.45, 7) is 1.93. The van der Waals surface area contributed by atoms with Gasteiger partial charge < -0.3 is 10.2 Å². The Bertz CT molecular complexity index is 1200. The lowest BCUT2D eigenvalue weighted by Crippen LogP contribution is -2.38. The number of likely N-dealkylation sites (tertiary alicyclic amines) is 1. The molecule has 0 radical (unpaired) electrons. The van der Waals surface area contributed by atoms with Crippen molar-refractivity contribution in [1.82, 2.24) is 25.0 Å². The summed E-state index contributed by atoms with van der Waals surface area (Å²) in [5.41, 5.74) is -0.00226. The van der Waals surface area contributed by atoms with Crippen LogP contribution < -0.4 is 5.32 Å². The predicted molar refractivity (Wildman–Crippen MR) is 107 cm³/mol. The molecule has 1 aromatic carbocycles. The van der Waals surface area contributed by atoms with E-state index in [1.807, 2.05) is 0 Å². The van der Waals surface area contributed by atoms with E-state index in [4.69, 9.17) is 0 Å². The van der Waals surface area contributed by atoms with E-state index in [1.54, 1.807) is 4.90 Å². The lowest BCUT2D eigenvalue weighted by atomic mass is 10.0. The Kier molecular flexibility index (Phi) is 5.81. The Hall–Kier alpha value is -3.50. The first-order chi connectivity index (χ1) is 15.2. The van der Waals surface area contributed by atoms with E-state index >= 15 is 0 Å². The molecule has 1 aliphatic heterocycles. The summed E-state index contributed by atoms with van der Waals surface area (Å²) in [7, 11) is 0. The van der Waals surface area contributed by atoms with Crippen LogP contribution in [0.1, 0.15) is 25.3 Å². The summed E-state index contributed by atoms with van der Waals surface area (Å²) in [4.78, 5) is 29.5. The fraction of sp³-hybridized carbons (Fsp3) is 0.333. The standard InChI is InChI=1S/C21H19F4N5O2/c1-11(31)27-14-4-5-29(9-14)18(32)10-30-17-7-13(8-26-19(17)21(25)28-30)12-2-3-16(22)15(6-12)20(23)24/h2-3,6-8,14,20H,4-5,9-10H2,1H3,(H,27,31)/t14-/m1/s1. The molecule has 1 aliphatic rings. The van der Waals surface area contributed by atoms with Crippen molar-refractivity contribution in [2.45, 2.75) is 32.4 Å². The molecule has 1 atom stereocenters. The molecule has 0 bridgehead atoms. The highest BCUT2D eigenvalue weighted by molar-refractivity contribution is 5.83. The number of benzene rings is 1. The third-order valence-electron chi connectivity index (χ3n) is 5.35. The van der Waals surface area contributed by atoms with E-state index < -0.39 is 23.8 Å². The van der Waals surface area contributed by atoms with Crippen LogP contribution in [0.3, 0.4) is 0 Å². The van der Waals surface area contributed by atoms with Crippen LogP contribution in [0.15, 0.2) is 30.5 Å². The highest BCUT2D eigenvalue weighted by Crippen LogP contribution is 2.29. The molecule has 1 N–H and O–H groups in total. The second-order valence-electron chi connectivity index (χ2n) is 7.60. The topological polar surface area (TPSA) is 80.1 Å². The maximum absolute atomic E-state index is 14.3. The first-order valence-electron chi connectivity index (χ1n) is 9.88. The lowest BCUT2D eigenvalue weighted by molar-refractivity contribution is -0.131. The van der Waals surface area contributed by atoms with Crippen molar-refractivity contribution in [3.05, 3.63) is 47.8 Å². The highest BCUT2D eigenvalue weighted by atomic mass is 19.3. The number of carbonyl (C=O) groups excluding carboxylic acids is 2. The summed E-state index contributed by atoms with van der Waals surface area (Å²) in [5.74, 6) is -2.39. The van der Waals surface area contributed by atoms with Gasteiger partial charge >= 0.3 is 0 Å². The summed E-state index contributed by atoms with van der Waals surface area (Å²) in [6.07, 6.45) is -1.10. The molecule has 0 spiro atoms. The minimum atomic E-state index is -2.99. The van der Waals surface area contributed by atoms with Crippen molar-refractivity contribution in [2.24, 2.45) is 0 Å². The van der Waals surface area contributed by atoms with E-state index in [0.717, 1.165) is 16.8 Å². The molecule has 168 valence electrons. The molecule has 11 heteroatoms.